The third-order valence-corrected chi connectivity index (χ3v) is 3.61. The maximum atomic E-state index is 11.8. The van der Waals surface area contributed by atoms with Gasteiger partial charge in [-0.1, -0.05) is 11.6 Å². The van der Waals surface area contributed by atoms with E-state index in [1.54, 1.807) is 17.1 Å². The normalized spacial score (nSPS) is 26.6. The van der Waals surface area contributed by atoms with Gasteiger partial charge in [0.15, 0.2) is 0 Å². The number of halogens is 1. The molecule has 1 amide bonds. The Kier molecular flexibility index (Phi) is 4.79. The number of amides is 1. The minimum atomic E-state index is -0.554. The highest BCUT2D eigenvalue weighted by atomic mass is 35.5. The van der Waals surface area contributed by atoms with Crippen LogP contribution in [0.1, 0.15) is 19.3 Å². The monoisotopic (exact) mass is 286 g/mol. The summed E-state index contributed by atoms with van der Waals surface area (Å²) >= 11 is 5.75. The van der Waals surface area contributed by atoms with Crippen LogP contribution >= 0.6 is 11.6 Å². The summed E-state index contributed by atoms with van der Waals surface area (Å²) in [5.41, 5.74) is 5.69. The molecule has 0 radical (unpaired) electrons. The summed E-state index contributed by atoms with van der Waals surface area (Å²) in [6.07, 6.45) is 4.58. The lowest BCUT2D eigenvalue weighted by molar-refractivity contribution is -0.125. The minimum Gasteiger partial charge on any atom is -0.391 e. The van der Waals surface area contributed by atoms with Crippen LogP contribution < -0.4 is 11.1 Å². The fraction of sp³-hybridized carbons (Fsp3) is 0.667. The van der Waals surface area contributed by atoms with E-state index in [1.807, 2.05) is 0 Å². The lowest BCUT2D eigenvalue weighted by Crippen LogP contribution is -2.31. The third kappa shape index (κ3) is 3.92. The first kappa shape index (κ1) is 14.3. The molecule has 106 valence electrons. The summed E-state index contributed by atoms with van der Waals surface area (Å²) in [5.74, 6) is -0.186. The van der Waals surface area contributed by atoms with E-state index in [4.69, 9.17) is 17.3 Å². The summed E-state index contributed by atoms with van der Waals surface area (Å²) in [6, 6.07) is -0.276. The van der Waals surface area contributed by atoms with Gasteiger partial charge in [-0.2, -0.15) is 5.10 Å². The van der Waals surface area contributed by atoms with Crippen LogP contribution in [0.5, 0.6) is 0 Å². The van der Waals surface area contributed by atoms with E-state index in [1.165, 1.54) is 0 Å². The Bertz CT molecular complexity index is 427. The number of carbonyl (C=O) groups excluding carboxylic acids is 1. The Balaban J connectivity index is 1.64. The topological polar surface area (TPSA) is 93.2 Å². The molecular formula is C12H19ClN4O2. The Morgan fingerprint density at radius 3 is 3.00 bits per heavy atom. The minimum absolute atomic E-state index is 0.0227. The molecule has 1 aliphatic carbocycles. The number of aliphatic hydroxyl groups excluding tert-OH is 1. The lowest BCUT2D eigenvalue weighted by Gasteiger charge is -2.10. The van der Waals surface area contributed by atoms with Crippen molar-refractivity contribution in [3.05, 3.63) is 17.4 Å². The second-order valence-corrected chi connectivity index (χ2v) is 5.40. The highest BCUT2D eigenvalue weighted by Crippen LogP contribution is 2.24. The number of carbonyl (C=O) groups is 1. The van der Waals surface area contributed by atoms with Gasteiger partial charge < -0.3 is 16.2 Å². The Morgan fingerprint density at radius 2 is 2.42 bits per heavy atom. The number of hydrogen-bond acceptors (Lipinski definition) is 4. The van der Waals surface area contributed by atoms with Crippen LogP contribution in [0.2, 0.25) is 5.02 Å². The average Bonchev–Trinajstić information content (AvgIpc) is 2.92. The van der Waals surface area contributed by atoms with E-state index in [0.29, 0.717) is 31.0 Å². The Labute approximate surface area is 116 Å². The molecule has 1 aromatic rings. The SMILES string of the molecule is N[C@@H]1C[C@H](C(=O)NCCCn2cc(Cl)cn2)C[C@H]1O. The first-order chi connectivity index (χ1) is 9.06. The first-order valence-corrected chi connectivity index (χ1v) is 6.83. The van der Waals surface area contributed by atoms with E-state index in [9.17, 15) is 9.90 Å². The average molecular weight is 287 g/mol. The van der Waals surface area contributed by atoms with Gasteiger partial charge in [-0.15, -0.1) is 0 Å². The Morgan fingerprint density at radius 1 is 1.63 bits per heavy atom. The van der Waals surface area contributed by atoms with E-state index in [2.05, 4.69) is 10.4 Å². The standard InChI is InChI=1S/C12H19ClN4O2/c13-9-6-16-17(7-9)3-1-2-15-12(19)8-4-10(14)11(18)5-8/h6-8,10-11,18H,1-5,14H2,(H,15,19)/t8-,10+,11+/m0/s1. The second kappa shape index (κ2) is 6.36. The zero-order chi connectivity index (χ0) is 13.8. The predicted octanol–water partition coefficient (Wildman–Crippen LogP) is 0.141. The van der Waals surface area contributed by atoms with E-state index < -0.39 is 6.10 Å². The molecule has 0 unspecified atom stereocenters. The summed E-state index contributed by atoms with van der Waals surface area (Å²) in [6.45, 7) is 1.29. The smallest absolute Gasteiger partial charge is 0.223 e. The van der Waals surface area contributed by atoms with Crippen molar-refractivity contribution in [3.8, 4) is 0 Å². The molecular weight excluding hydrogens is 268 g/mol. The molecule has 0 saturated heterocycles. The fourth-order valence-corrected chi connectivity index (χ4v) is 2.48. The molecule has 1 fully saturated rings. The highest BCUT2D eigenvalue weighted by molar-refractivity contribution is 6.30. The van der Waals surface area contributed by atoms with Crippen molar-refractivity contribution in [2.75, 3.05) is 6.54 Å². The van der Waals surface area contributed by atoms with Gasteiger partial charge in [0.25, 0.3) is 0 Å². The maximum Gasteiger partial charge on any atom is 0.223 e. The van der Waals surface area contributed by atoms with Crippen molar-refractivity contribution in [2.45, 2.75) is 38.0 Å². The van der Waals surface area contributed by atoms with Crippen molar-refractivity contribution in [3.63, 3.8) is 0 Å². The Hall–Kier alpha value is -1.11. The van der Waals surface area contributed by atoms with Crippen molar-refractivity contribution in [2.24, 2.45) is 11.7 Å². The molecule has 3 atom stereocenters. The van der Waals surface area contributed by atoms with Gasteiger partial charge in [0.1, 0.15) is 0 Å². The predicted molar refractivity (Wildman–Crippen MR) is 71.6 cm³/mol. The van der Waals surface area contributed by atoms with E-state index in [-0.39, 0.29) is 17.9 Å². The molecule has 1 saturated carbocycles. The molecule has 19 heavy (non-hydrogen) atoms. The largest absolute Gasteiger partial charge is 0.391 e. The van der Waals surface area contributed by atoms with Crippen LogP contribution in [0, 0.1) is 5.92 Å². The number of nitrogens with two attached hydrogens (primary N) is 1. The molecule has 6 nitrogen and oxygen atoms in total. The zero-order valence-electron chi connectivity index (χ0n) is 10.6. The van der Waals surface area contributed by atoms with Crippen LogP contribution in [-0.4, -0.2) is 39.5 Å². The molecule has 2 rings (SSSR count). The van der Waals surface area contributed by atoms with Gasteiger partial charge in [0.2, 0.25) is 5.91 Å². The second-order valence-electron chi connectivity index (χ2n) is 4.97. The lowest BCUT2D eigenvalue weighted by atomic mass is 10.1. The molecule has 7 heteroatoms. The molecule has 4 N–H and O–H groups in total. The summed E-state index contributed by atoms with van der Waals surface area (Å²) in [7, 11) is 0. The fourth-order valence-electron chi connectivity index (χ4n) is 2.32. The van der Waals surface area contributed by atoms with Crippen LogP contribution in [0.4, 0.5) is 0 Å². The third-order valence-electron chi connectivity index (χ3n) is 3.41. The molecule has 0 aliphatic heterocycles. The number of nitrogens with one attached hydrogen (secondary N) is 1. The van der Waals surface area contributed by atoms with Gasteiger partial charge in [0, 0.05) is 31.2 Å². The maximum absolute atomic E-state index is 11.8. The molecule has 0 bridgehead atoms. The van der Waals surface area contributed by atoms with Gasteiger partial charge >= 0.3 is 0 Å². The molecule has 0 aromatic carbocycles. The van der Waals surface area contributed by atoms with Crippen LogP contribution in [0.15, 0.2) is 12.4 Å². The number of nitrogens with zero attached hydrogens (tertiary/aromatic N) is 2. The highest BCUT2D eigenvalue weighted by Gasteiger charge is 2.34. The van der Waals surface area contributed by atoms with Crippen molar-refractivity contribution in [1.82, 2.24) is 15.1 Å². The van der Waals surface area contributed by atoms with Gasteiger partial charge in [-0.05, 0) is 19.3 Å². The molecule has 1 aromatic heterocycles. The van der Waals surface area contributed by atoms with Crippen molar-refractivity contribution >= 4 is 17.5 Å². The summed E-state index contributed by atoms with van der Waals surface area (Å²) < 4.78 is 1.74. The number of aliphatic hydroxyl groups is 1. The number of hydrogen-bond donors (Lipinski definition) is 3. The van der Waals surface area contributed by atoms with Crippen LogP contribution in [0.25, 0.3) is 0 Å². The van der Waals surface area contributed by atoms with Crippen LogP contribution in [0.3, 0.4) is 0 Å². The van der Waals surface area contributed by atoms with Crippen molar-refractivity contribution < 1.29 is 9.90 Å². The number of aromatic nitrogens is 2. The summed E-state index contributed by atoms with van der Waals surface area (Å²) in [4.78, 5) is 11.8. The van der Waals surface area contributed by atoms with E-state index >= 15 is 0 Å². The van der Waals surface area contributed by atoms with Gasteiger partial charge in [-0.25, -0.2) is 0 Å². The van der Waals surface area contributed by atoms with E-state index in [0.717, 1.165) is 6.42 Å². The molecule has 1 aliphatic rings. The van der Waals surface area contributed by atoms with Gasteiger partial charge in [-0.3, -0.25) is 9.48 Å². The van der Waals surface area contributed by atoms with Gasteiger partial charge in [0.05, 0.1) is 17.3 Å². The first-order valence-electron chi connectivity index (χ1n) is 6.45. The summed E-state index contributed by atoms with van der Waals surface area (Å²) in [5, 5.41) is 17.0. The number of rotatable bonds is 5. The zero-order valence-corrected chi connectivity index (χ0v) is 11.4. The van der Waals surface area contributed by atoms with Crippen LogP contribution in [-0.2, 0) is 11.3 Å². The molecule has 1 heterocycles. The van der Waals surface area contributed by atoms with Crippen molar-refractivity contribution in [1.29, 1.82) is 0 Å². The quantitative estimate of drug-likeness (QED) is 0.671. The molecule has 0 spiro atoms. The number of aryl methyl sites for hydroxylation is 1.